The van der Waals surface area contributed by atoms with Gasteiger partial charge in [-0.05, 0) is 36.4 Å². The number of hydrogen-bond donors (Lipinski definition) is 3. The third-order valence-electron chi connectivity index (χ3n) is 3.99. The molecule has 0 bridgehead atoms. The molecule has 0 unspecified atom stereocenters. The van der Waals surface area contributed by atoms with Crippen LogP contribution in [0.2, 0.25) is 0 Å². The van der Waals surface area contributed by atoms with Crippen molar-refractivity contribution < 1.29 is 19.4 Å². The van der Waals surface area contributed by atoms with Crippen molar-refractivity contribution >= 4 is 34.3 Å². The van der Waals surface area contributed by atoms with Gasteiger partial charge in [-0.2, -0.15) is 0 Å². The van der Waals surface area contributed by atoms with Gasteiger partial charge in [-0.15, -0.1) is 0 Å². The maximum Gasteiger partial charge on any atom is 0.335 e. The van der Waals surface area contributed by atoms with E-state index in [1.807, 2.05) is 0 Å². The van der Waals surface area contributed by atoms with E-state index < -0.39 is 12.0 Å². The summed E-state index contributed by atoms with van der Waals surface area (Å²) < 4.78 is 6.42. The fourth-order valence-corrected chi connectivity index (χ4v) is 2.61. The van der Waals surface area contributed by atoms with E-state index >= 15 is 0 Å². The minimum absolute atomic E-state index is 0.0613. The fraction of sp³-hybridized carbons (Fsp3) is 0.158. The third kappa shape index (κ3) is 4.33. The number of aromatic carboxylic acids is 1. The summed E-state index contributed by atoms with van der Waals surface area (Å²) in [5, 5.41) is 14.6. The molecule has 0 radical (unpaired) electrons. The van der Waals surface area contributed by atoms with Crippen LogP contribution in [0.5, 0.6) is 0 Å². The zero-order valence-electron chi connectivity index (χ0n) is 15.0. The lowest BCUT2D eigenvalue weighted by atomic mass is 10.2. The van der Waals surface area contributed by atoms with Gasteiger partial charge in [-0.1, -0.05) is 6.07 Å². The Bertz CT molecular complexity index is 1090. The van der Waals surface area contributed by atoms with Gasteiger partial charge in [0.2, 0.25) is 0 Å². The van der Waals surface area contributed by atoms with Gasteiger partial charge in [-0.25, -0.2) is 14.6 Å². The van der Waals surface area contributed by atoms with Crippen molar-refractivity contribution in [3.05, 3.63) is 64.7 Å². The van der Waals surface area contributed by atoms with Crippen molar-refractivity contribution in [3.8, 4) is 0 Å². The summed E-state index contributed by atoms with van der Waals surface area (Å²) in [4.78, 5) is 40.0. The Hall–Kier alpha value is -3.72. The molecule has 1 aromatic heterocycles. The summed E-state index contributed by atoms with van der Waals surface area (Å²) in [6.07, 6.45) is 1.46. The molecule has 3 rings (SSSR count). The smallest absolute Gasteiger partial charge is 0.335 e. The number of hydrogen-bond acceptors (Lipinski definition) is 5. The number of nitrogens with zero attached hydrogens (tertiary/aromatic N) is 2. The van der Waals surface area contributed by atoms with Gasteiger partial charge in [0.1, 0.15) is 0 Å². The Balaban J connectivity index is 1.79. The Kier molecular flexibility index (Phi) is 5.66. The number of carbonyl (C=O) groups excluding carboxylic acids is 1. The van der Waals surface area contributed by atoms with Gasteiger partial charge >= 0.3 is 12.0 Å². The van der Waals surface area contributed by atoms with Crippen molar-refractivity contribution in [2.45, 2.75) is 6.54 Å². The number of methoxy groups -OCH3 is 1. The molecule has 2 amide bonds. The van der Waals surface area contributed by atoms with Gasteiger partial charge in [0.05, 0.1) is 35.9 Å². The first kappa shape index (κ1) is 19.1. The quantitative estimate of drug-likeness (QED) is 0.602. The Morgan fingerprint density at radius 3 is 2.61 bits per heavy atom. The number of fused-ring (bicyclic) bond motifs is 1. The minimum atomic E-state index is -1.09. The number of aromatic nitrogens is 2. The largest absolute Gasteiger partial charge is 0.478 e. The molecule has 0 atom stereocenters. The second-order valence-corrected chi connectivity index (χ2v) is 5.93. The minimum Gasteiger partial charge on any atom is -0.478 e. The molecular weight excluding hydrogens is 364 g/mol. The number of urea groups is 1. The first-order valence-electron chi connectivity index (χ1n) is 8.37. The lowest BCUT2D eigenvalue weighted by molar-refractivity contribution is 0.0697. The van der Waals surface area contributed by atoms with E-state index in [9.17, 15) is 14.4 Å². The standard InChI is InChI=1S/C19H18N4O5/c1-28-8-7-23-11-20-16-6-5-14(10-15(16)17(23)24)22-19(27)21-13-4-2-3-12(9-13)18(25)26/h2-6,9-11H,7-8H2,1H3,(H,25,26)(H2,21,22,27). The number of benzene rings is 2. The van der Waals surface area contributed by atoms with E-state index in [0.29, 0.717) is 35.4 Å². The normalized spacial score (nSPS) is 10.6. The molecule has 3 aromatic rings. The molecule has 144 valence electrons. The molecule has 9 heteroatoms. The molecule has 2 aromatic carbocycles. The second-order valence-electron chi connectivity index (χ2n) is 5.93. The maximum atomic E-state index is 12.5. The summed E-state index contributed by atoms with van der Waals surface area (Å²) in [7, 11) is 1.55. The van der Waals surface area contributed by atoms with Crippen LogP contribution in [0.4, 0.5) is 16.2 Å². The van der Waals surface area contributed by atoms with Crippen LogP contribution in [0.25, 0.3) is 10.9 Å². The maximum absolute atomic E-state index is 12.5. The number of carbonyl (C=O) groups is 2. The number of anilines is 2. The molecule has 0 fully saturated rings. The van der Waals surface area contributed by atoms with Crippen molar-refractivity contribution in [1.29, 1.82) is 0 Å². The van der Waals surface area contributed by atoms with E-state index in [1.54, 1.807) is 31.4 Å². The van der Waals surface area contributed by atoms with Gasteiger partial charge in [0.25, 0.3) is 5.56 Å². The van der Waals surface area contributed by atoms with Crippen molar-refractivity contribution in [2.24, 2.45) is 0 Å². The lowest BCUT2D eigenvalue weighted by Crippen LogP contribution is -2.23. The average molecular weight is 382 g/mol. The van der Waals surface area contributed by atoms with E-state index in [2.05, 4.69) is 15.6 Å². The molecule has 0 spiro atoms. The molecule has 0 aliphatic carbocycles. The molecule has 0 saturated carbocycles. The van der Waals surface area contributed by atoms with E-state index in [0.717, 1.165) is 0 Å². The zero-order valence-corrected chi connectivity index (χ0v) is 15.0. The topological polar surface area (TPSA) is 123 Å². The first-order chi connectivity index (χ1) is 13.5. The SMILES string of the molecule is COCCn1cnc2ccc(NC(=O)Nc3cccc(C(=O)O)c3)cc2c1=O. The Morgan fingerprint density at radius 1 is 1.14 bits per heavy atom. The molecule has 0 aliphatic heterocycles. The van der Waals surface area contributed by atoms with Crippen LogP contribution in [0.15, 0.2) is 53.6 Å². The summed E-state index contributed by atoms with van der Waals surface area (Å²) in [6.45, 7) is 0.749. The van der Waals surface area contributed by atoms with E-state index in [1.165, 1.54) is 29.1 Å². The highest BCUT2D eigenvalue weighted by atomic mass is 16.5. The molecular formula is C19H18N4O5. The van der Waals surface area contributed by atoms with Crippen LogP contribution in [-0.4, -0.2) is 40.4 Å². The van der Waals surface area contributed by atoms with Gasteiger partial charge in [0, 0.05) is 18.5 Å². The second kappa shape index (κ2) is 8.31. The fourth-order valence-electron chi connectivity index (χ4n) is 2.61. The predicted octanol–water partition coefficient (Wildman–Crippen LogP) is 2.39. The molecule has 9 nitrogen and oxygen atoms in total. The van der Waals surface area contributed by atoms with Crippen LogP contribution in [0.3, 0.4) is 0 Å². The molecule has 1 heterocycles. The summed E-state index contributed by atoms with van der Waals surface area (Å²) >= 11 is 0. The Labute approximate surface area is 159 Å². The molecule has 28 heavy (non-hydrogen) atoms. The monoisotopic (exact) mass is 382 g/mol. The summed E-state index contributed by atoms with van der Waals surface area (Å²) in [5.41, 5.74) is 1.08. The van der Waals surface area contributed by atoms with Gasteiger partial charge in [0.15, 0.2) is 0 Å². The van der Waals surface area contributed by atoms with Crippen molar-refractivity contribution in [1.82, 2.24) is 9.55 Å². The molecule has 0 saturated heterocycles. The van der Waals surface area contributed by atoms with Crippen molar-refractivity contribution in [2.75, 3.05) is 24.4 Å². The van der Waals surface area contributed by atoms with E-state index in [4.69, 9.17) is 9.84 Å². The van der Waals surface area contributed by atoms with Crippen LogP contribution >= 0.6 is 0 Å². The Morgan fingerprint density at radius 2 is 1.89 bits per heavy atom. The lowest BCUT2D eigenvalue weighted by Gasteiger charge is -2.10. The summed E-state index contributed by atoms with van der Waals surface area (Å²) in [5.74, 6) is -1.09. The van der Waals surface area contributed by atoms with Crippen LogP contribution in [0, 0.1) is 0 Å². The predicted molar refractivity (Wildman–Crippen MR) is 104 cm³/mol. The zero-order chi connectivity index (χ0) is 20.1. The first-order valence-corrected chi connectivity index (χ1v) is 8.37. The van der Waals surface area contributed by atoms with Crippen LogP contribution < -0.4 is 16.2 Å². The number of carboxylic acid groups (broad SMARTS) is 1. The third-order valence-corrected chi connectivity index (χ3v) is 3.99. The number of ether oxygens (including phenoxy) is 1. The highest BCUT2D eigenvalue weighted by Gasteiger charge is 2.09. The number of rotatable bonds is 6. The van der Waals surface area contributed by atoms with Crippen LogP contribution in [-0.2, 0) is 11.3 Å². The number of nitrogens with one attached hydrogen (secondary N) is 2. The average Bonchev–Trinajstić information content (AvgIpc) is 2.68. The highest BCUT2D eigenvalue weighted by molar-refractivity contribution is 6.01. The molecule has 3 N–H and O–H groups in total. The number of carboxylic acids is 1. The van der Waals surface area contributed by atoms with Crippen molar-refractivity contribution in [3.63, 3.8) is 0 Å². The number of amides is 2. The van der Waals surface area contributed by atoms with Crippen LogP contribution in [0.1, 0.15) is 10.4 Å². The molecule has 0 aliphatic rings. The van der Waals surface area contributed by atoms with Gasteiger partial charge in [-0.3, -0.25) is 9.36 Å². The highest BCUT2D eigenvalue weighted by Crippen LogP contribution is 2.16. The van der Waals surface area contributed by atoms with E-state index in [-0.39, 0.29) is 11.1 Å². The summed E-state index contributed by atoms with van der Waals surface area (Å²) in [6, 6.07) is 10.1. The van der Waals surface area contributed by atoms with Gasteiger partial charge < -0.3 is 20.5 Å².